The number of nitrogens with two attached hydrogens (primary N) is 1. The number of nitrogens with one attached hydrogen (secondary N) is 1. The fraction of sp³-hybridized carbons (Fsp3) is 0.938. The molecule has 0 aromatic heterocycles. The normalized spacial score (nSPS) is 32.9. The monoisotopic (exact) mass is 297 g/mol. The van der Waals surface area contributed by atoms with Crippen LogP contribution in [0.3, 0.4) is 0 Å². The number of amides is 1. The number of carbonyl (C=O) groups is 1. The van der Waals surface area contributed by atoms with Gasteiger partial charge in [0.2, 0.25) is 5.91 Å². The van der Waals surface area contributed by atoms with Crippen LogP contribution in [0.1, 0.15) is 45.4 Å². The summed E-state index contributed by atoms with van der Waals surface area (Å²) in [6, 6.07) is 0. The first kappa shape index (κ1) is 16.7. The van der Waals surface area contributed by atoms with Gasteiger partial charge in [-0.05, 0) is 45.7 Å². The lowest BCUT2D eigenvalue weighted by Crippen LogP contribution is -2.61. The highest BCUT2D eigenvalue weighted by molar-refractivity contribution is 5.86. The van der Waals surface area contributed by atoms with Gasteiger partial charge in [-0.3, -0.25) is 4.79 Å². The van der Waals surface area contributed by atoms with E-state index in [1.54, 1.807) is 0 Å². The van der Waals surface area contributed by atoms with Crippen molar-refractivity contribution in [2.45, 2.75) is 56.5 Å². The molecule has 1 heterocycles. The zero-order valence-corrected chi connectivity index (χ0v) is 13.8. The van der Waals surface area contributed by atoms with Gasteiger partial charge in [-0.25, -0.2) is 0 Å². The predicted octanol–water partition coefficient (Wildman–Crippen LogP) is 1.12. The molecular weight excluding hydrogens is 266 g/mol. The Morgan fingerprint density at radius 1 is 1.33 bits per heavy atom. The average Bonchev–Trinajstić information content (AvgIpc) is 2.45. The Balaban J connectivity index is 1.97. The maximum atomic E-state index is 12.5. The molecule has 0 aromatic carbocycles. The molecule has 0 spiro atoms. The van der Waals surface area contributed by atoms with Crippen LogP contribution in [0.5, 0.6) is 0 Å². The molecule has 1 saturated carbocycles. The van der Waals surface area contributed by atoms with Gasteiger partial charge < -0.3 is 20.7 Å². The topological polar surface area (TPSA) is 67.6 Å². The Hall–Kier alpha value is -0.650. The Bertz CT molecular complexity index is 367. The van der Waals surface area contributed by atoms with E-state index in [4.69, 9.17) is 10.5 Å². The third kappa shape index (κ3) is 3.76. The maximum Gasteiger partial charge on any atom is 0.240 e. The molecule has 21 heavy (non-hydrogen) atoms. The van der Waals surface area contributed by atoms with E-state index in [2.05, 4.69) is 31.2 Å². The van der Waals surface area contributed by atoms with Crippen molar-refractivity contribution in [2.24, 2.45) is 11.7 Å². The zero-order chi connectivity index (χ0) is 15.5. The summed E-state index contributed by atoms with van der Waals surface area (Å²) in [5, 5.41) is 3.14. The molecule has 0 aromatic rings. The number of rotatable bonds is 4. The van der Waals surface area contributed by atoms with Gasteiger partial charge >= 0.3 is 0 Å². The van der Waals surface area contributed by atoms with E-state index in [-0.39, 0.29) is 11.4 Å². The first-order chi connectivity index (χ1) is 9.88. The predicted molar refractivity (Wildman–Crippen MR) is 84.0 cm³/mol. The molecular formula is C16H31N3O2. The number of carbonyl (C=O) groups excluding carboxylic acids is 1. The second-order valence-electron chi connectivity index (χ2n) is 7.27. The van der Waals surface area contributed by atoms with Crippen molar-refractivity contribution in [3.05, 3.63) is 0 Å². The molecule has 1 aliphatic heterocycles. The van der Waals surface area contributed by atoms with E-state index < -0.39 is 5.54 Å². The van der Waals surface area contributed by atoms with Crippen LogP contribution >= 0.6 is 0 Å². The van der Waals surface area contributed by atoms with Crippen LogP contribution in [-0.2, 0) is 9.53 Å². The van der Waals surface area contributed by atoms with Gasteiger partial charge in [0.1, 0.15) is 0 Å². The fourth-order valence-corrected chi connectivity index (χ4v) is 3.74. The number of hydrogen-bond acceptors (Lipinski definition) is 4. The van der Waals surface area contributed by atoms with Crippen LogP contribution in [0.2, 0.25) is 0 Å². The van der Waals surface area contributed by atoms with E-state index >= 15 is 0 Å². The molecule has 5 heteroatoms. The van der Waals surface area contributed by atoms with Crippen molar-refractivity contribution in [3.8, 4) is 0 Å². The van der Waals surface area contributed by atoms with Crippen LogP contribution in [-0.4, -0.2) is 55.7 Å². The highest BCUT2D eigenvalue weighted by atomic mass is 16.5. The maximum absolute atomic E-state index is 12.5. The van der Waals surface area contributed by atoms with Crippen molar-refractivity contribution in [2.75, 3.05) is 33.9 Å². The van der Waals surface area contributed by atoms with Crippen LogP contribution < -0.4 is 11.1 Å². The lowest BCUT2D eigenvalue weighted by molar-refractivity contribution is -0.130. The number of nitrogens with zero attached hydrogens (tertiary/aromatic N) is 1. The van der Waals surface area contributed by atoms with Crippen molar-refractivity contribution >= 4 is 5.91 Å². The van der Waals surface area contributed by atoms with Crippen LogP contribution in [0.15, 0.2) is 0 Å². The van der Waals surface area contributed by atoms with Gasteiger partial charge in [-0.1, -0.05) is 19.8 Å². The lowest BCUT2D eigenvalue weighted by Gasteiger charge is -2.46. The molecule has 1 aliphatic carbocycles. The minimum Gasteiger partial charge on any atom is -0.381 e. The van der Waals surface area contributed by atoms with Gasteiger partial charge in [0, 0.05) is 25.3 Å². The third-order valence-electron chi connectivity index (χ3n) is 5.43. The van der Waals surface area contributed by atoms with Crippen molar-refractivity contribution in [3.63, 3.8) is 0 Å². The Labute approximate surface area is 128 Å². The zero-order valence-electron chi connectivity index (χ0n) is 13.8. The fourth-order valence-electron chi connectivity index (χ4n) is 3.74. The van der Waals surface area contributed by atoms with Gasteiger partial charge in [0.25, 0.3) is 0 Å². The summed E-state index contributed by atoms with van der Waals surface area (Å²) >= 11 is 0. The molecule has 1 amide bonds. The first-order valence-electron chi connectivity index (χ1n) is 8.20. The summed E-state index contributed by atoms with van der Waals surface area (Å²) in [4.78, 5) is 14.8. The summed E-state index contributed by atoms with van der Waals surface area (Å²) < 4.78 is 5.31. The lowest BCUT2D eigenvalue weighted by atomic mass is 9.75. The summed E-state index contributed by atoms with van der Waals surface area (Å²) in [5.41, 5.74) is 5.59. The minimum atomic E-state index is -0.744. The molecule has 2 unspecified atom stereocenters. The quantitative estimate of drug-likeness (QED) is 0.816. The summed E-state index contributed by atoms with van der Waals surface area (Å²) in [5.74, 6) is 0.707. The molecule has 2 rings (SSSR count). The van der Waals surface area contributed by atoms with E-state index in [0.717, 1.165) is 12.8 Å². The number of ether oxygens (including phenoxy) is 1. The minimum absolute atomic E-state index is 0.00903. The third-order valence-corrected chi connectivity index (χ3v) is 5.43. The van der Waals surface area contributed by atoms with Gasteiger partial charge in [-0.15, -0.1) is 0 Å². The molecule has 5 nitrogen and oxygen atoms in total. The highest BCUT2D eigenvalue weighted by Crippen LogP contribution is 2.35. The van der Waals surface area contributed by atoms with E-state index in [1.165, 1.54) is 12.8 Å². The first-order valence-corrected chi connectivity index (χ1v) is 8.20. The van der Waals surface area contributed by atoms with E-state index in [9.17, 15) is 4.79 Å². The standard InChI is InChI=1S/C16H31N3O2/c1-13-5-4-6-15(11-13,19(2)3)12-18-14(20)16(17)7-9-21-10-8-16/h13H,4-12,17H2,1-3H3,(H,18,20). The van der Waals surface area contributed by atoms with Crippen molar-refractivity contribution in [1.29, 1.82) is 0 Å². The Kier molecular flexibility index (Phi) is 5.28. The van der Waals surface area contributed by atoms with E-state index in [1.807, 2.05) is 0 Å². The molecule has 1 saturated heterocycles. The molecule has 2 fully saturated rings. The molecule has 3 N–H and O–H groups in total. The van der Waals surface area contributed by atoms with Crippen molar-refractivity contribution < 1.29 is 9.53 Å². The van der Waals surface area contributed by atoms with Gasteiger partial charge in [0.05, 0.1) is 5.54 Å². The van der Waals surface area contributed by atoms with Gasteiger partial charge in [-0.2, -0.15) is 0 Å². The smallest absolute Gasteiger partial charge is 0.240 e. The second-order valence-corrected chi connectivity index (χ2v) is 7.27. The number of hydrogen-bond donors (Lipinski definition) is 2. The largest absolute Gasteiger partial charge is 0.381 e. The Morgan fingerprint density at radius 2 is 2.00 bits per heavy atom. The average molecular weight is 297 g/mol. The summed E-state index contributed by atoms with van der Waals surface area (Å²) in [7, 11) is 4.24. The Morgan fingerprint density at radius 3 is 2.57 bits per heavy atom. The second kappa shape index (κ2) is 6.63. The molecule has 2 atom stereocenters. The van der Waals surface area contributed by atoms with Crippen LogP contribution in [0.25, 0.3) is 0 Å². The molecule has 2 aliphatic rings. The van der Waals surface area contributed by atoms with E-state index in [0.29, 0.717) is 38.5 Å². The molecule has 122 valence electrons. The van der Waals surface area contributed by atoms with Crippen molar-refractivity contribution in [1.82, 2.24) is 10.2 Å². The van der Waals surface area contributed by atoms with Gasteiger partial charge in [0.15, 0.2) is 0 Å². The van der Waals surface area contributed by atoms with Crippen LogP contribution in [0, 0.1) is 5.92 Å². The SMILES string of the molecule is CC1CCCC(CNC(=O)C2(N)CCOCC2)(N(C)C)C1. The highest BCUT2D eigenvalue weighted by Gasteiger charge is 2.40. The molecule has 0 radical (unpaired) electrons. The molecule has 0 bridgehead atoms. The summed E-state index contributed by atoms with van der Waals surface area (Å²) in [6.07, 6.45) is 6.04. The number of likely N-dealkylation sites (N-methyl/N-ethyl adjacent to an activating group) is 1. The van der Waals surface area contributed by atoms with Crippen LogP contribution in [0.4, 0.5) is 0 Å². The summed E-state index contributed by atoms with van der Waals surface area (Å²) in [6.45, 7) is 4.17.